The molecule has 0 radical (unpaired) electrons. The summed E-state index contributed by atoms with van der Waals surface area (Å²) in [5, 5.41) is 10.0. The van der Waals surface area contributed by atoms with Gasteiger partial charge in [-0.25, -0.2) is 9.78 Å². The number of anilines is 1. The molecule has 1 N–H and O–H groups in total. The minimum absolute atomic E-state index is 0.119. The van der Waals surface area contributed by atoms with Crippen LogP contribution in [0.5, 0.6) is 0 Å². The van der Waals surface area contributed by atoms with Crippen LogP contribution in [-0.4, -0.2) is 81.3 Å². The first-order valence-electron chi connectivity index (χ1n) is 15.3. The van der Waals surface area contributed by atoms with Gasteiger partial charge in [-0.2, -0.15) is 0 Å². The summed E-state index contributed by atoms with van der Waals surface area (Å²) in [6.07, 6.45) is 14.2. The van der Waals surface area contributed by atoms with Crippen LogP contribution in [0.15, 0.2) is 29.1 Å². The monoisotopic (exact) mass is 533 g/mol. The van der Waals surface area contributed by atoms with Gasteiger partial charge in [0.25, 0.3) is 5.56 Å². The first-order valence-corrected chi connectivity index (χ1v) is 15.3. The number of nitrogens with zero attached hydrogens (tertiary/aromatic N) is 5. The standard InChI is InChI=1S/C31H43N5O3/c1-33(2)27-18-34(28(27)31(38)39)29-30(37)36(26-12-4-3-11-25(26)32-29)24-16-21-9-6-10-22(17-24)35(21)23-14-19-7-5-8-20(13-19)15-23/h3-4,11-12,19-24,27-28H,5-10,13-18H2,1-2H3,(H,38,39)/t19-,20+,21-,22+,23?,24?,27-,28+/m1/s1. The van der Waals surface area contributed by atoms with Crippen molar-refractivity contribution in [3.63, 3.8) is 0 Å². The predicted molar refractivity (Wildman–Crippen MR) is 152 cm³/mol. The molecule has 0 spiro atoms. The highest BCUT2D eigenvalue weighted by Crippen LogP contribution is 2.47. The maximum atomic E-state index is 14.2. The van der Waals surface area contributed by atoms with Crippen molar-refractivity contribution in [3.05, 3.63) is 34.6 Å². The molecular formula is C31H43N5O3. The van der Waals surface area contributed by atoms with Crippen LogP contribution in [0.2, 0.25) is 0 Å². The number of hydrogen-bond donors (Lipinski definition) is 1. The summed E-state index contributed by atoms with van der Waals surface area (Å²) in [6, 6.07) is 8.92. The van der Waals surface area contributed by atoms with E-state index >= 15 is 0 Å². The van der Waals surface area contributed by atoms with E-state index in [4.69, 9.17) is 4.98 Å². The van der Waals surface area contributed by atoms with Gasteiger partial charge in [0.15, 0.2) is 5.82 Å². The molecule has 8 atom stereocenters. The Morgan fingerprint density at radius 1 is 0.897 bits per heavy atom. The Hall–Kier alpha value is -2.45. The molecule has 210 valence electrons. The van der Waals surface area contributed by atoms with Gasteiger partial charge in [-0.1, -0.05) is 37.8 Å². The number of carboxylic acids is 1. The van der Waals surface area contributed by atoms with E-state index in [0.29, 0.717) is 30.5 Å². The summed E-state index contributed by atoms with van der Waals surface area (Å²) in [7, 11) is 3.80. The molecule has 3 aliphatic heterocycles. The van der Waals surface area contributed by atoms with Crippen molar-refractivity contribution in [2.24, 2.45) is 11.8 Å². The second-order valence-electron chi connectivity index (χ2n) is 13.4. The van der Waals surface area contributed by atoms with Crippen LogP contribution in [0, 0.1) is 11.8 Å². The van der Waals surface area contributed by atoms with Gasteiger partial charge in [-0.3, -0.25) is 9.69 Å². The Morgan fingerprint density at radius 2 is 1.56 bits per heavy atom. The lowest BCUT2D eigenvalue weighted by Gasteiger charge is -2.55. The van der Waals surface area contributed by atoms with Crippen molar-refractivity contribution < 1.29 is 9.90 Å². The molecule has 3 saturated heterocycles. The second-order valence-corrected chi connectivity index (χ2v) is 13.4. The van der Waals surface area contributed by atoms with Crippen molar-refractivity contribution in [1.29, 1.82) is 0 Å². The molecule has 1 aromatic heterocycles. The van der Waals surface area contributed by atoms with Crippen LogP contribution in [0.25, 0.3) is 11.0 Å². The molecule has 8 nitrogen and oxygen atoms in total. The molecule has 5 fully saturated rings. The zero-order valence-electron chi connectivity index (χ0n) is 23.4. The SMILES string of the molecule is CN(C)[C@@H]1CN(c2nc3ccccc3n(C3C[C@H]4CCC[C@@H](C3)N4C3C[C@H]4CCC[C@@H](C3)C4)c2=O)[C@@H]1C(=O)O. The number of piperidine rings is 2. The maximum Gasteiger partial charge on any atom is 0.328 e. The van der Waals surface area contributed by atoms with Crippen LogP contribution in [0.1, 0.15) is 76.7 Å². The van der Waals surface area contributed by atoms with E-state index in [1.165, 1.54) is 57.8 Å². The van der Waals surface area contributed by atoms with E-state index < -0.39 is 12.0 Å². The van der Waals surface area contributed by atoms with Crippen molar-refractivity contribution in [2.75, 3.05) is 25.5 Å². The summed E-state index contributed by atoms with van der Waals surface area (Å²) in [4.78, 5) is 37.8. The fourth-order valence-corrected chi connectivity index (χ4v) is 9.27. The maximum absolute atomic E-state index is 14.2. The lowest BCUT2D eigenvalue weighted by Crippen LogP contribution is -2.69. The van der Waals surface area contributed by atoms with E-state index in [1.54, 1.807) is 4.90 Å². The lowest BCUT2D eigenvalue weighted by atomic mass is 9.68. The third-order valence-electron chi connectivity index (χ3n) is 10.9. The van der Waals surface area contributed by atoms with Crippen molar-refractivity contribution in [1.82, 2.24) is 19.4 Å². The van der Waals surface area contributed by atoms with Gasteiger partial charge in [0.1, 0.15) is 6.04 Å². The quantitative estimate of drug-likeness (QED) is 0.619. The Bertz CT molecular complexity index is 1280. The molecule has 2 aliphatic carbocycles. The summed E-state index contributed by atoms with van der Waals surface area (Å²) in [6.45, 7) is 0.498. The van der Waals surface area contributed by atoms with Gasteiger partial charge in [0.2, 0.25) is 0 Å². The van der Waals surface area contributed by atoms with Gasteiger partial charge >= 0.3 is 5.97 Å². The van der Waals surface area contributed by atoms with E-state index in [1.807, 2.05) is 47.8 Å². The topological polar surface area (TPSA) is 81.9 Å². The van der Waals surface area contributed by atoms with Gasteiger partial charge in [0.05, 0.1) is 17.1 Å². The molecule has 2 aromatic rings. The highest BCUT2D eigenvalue weighted by atomic mass is 16.4. The molecule has 4 bridgehead atoms. The summed E-state index contributed by atoms with van der Waals surface area (Å²) in [5.41, 5.74) is 1.53. The second kappa shape index (κ2) is 9.88. The number of aliphatic carboxylic acids is 1. The average Bonchev–Trinajstić information content (AvgIpc) is 2.87. The van der Waals surface area contributed by atoms with Crippen LogP contribution in [0.3, 0.4) is 0 Å². The van der Waals surface area contributed by atoms with Gasteiger partial charge < -0.3 is 19.5 Å². The molecule has 2 unspecified atom stereocenters. The van der Waals surface area contributed by atoms with Gasteiger partial charge in [-0.15, -0.1) is 0 Å². The minimum atomic E-state index is -0.902. The number of para-hydroxylation sites is 2. The first-order chi connectivity index (χ1) is 18.9. The van der Waals surface area contributed by atoms with Crippen LogP contribution in [-0.2, 0) is 4.79 Å². The molecule has 5 aliphatic rings. The van der Waals surface area contributed by atoms with E-state index in [-0.39, 0.29) is 17.6 Å². The molecular weight excluding hydrogens is 490 g/mol. The minimum Gasteiger partial charge on any atom is -0.480 e. The zero-order chi connectivity index (χ0) is 26.8. The molecule has 39 heavy (non-hydrogen) atoms. The molecule has 4 heterocycles. The predicted octanol–water partition coefficient (Wildman–Crippen LogP) is 4.13. The van der Waals surface area contributed by atoms with Crippen LogP contribution in [0.4, 0.5) is 5.82 Å². The molecule has 7 rings (SSSR count). The normalized spacial score (nSPS) is 36.6. The Morgan fingerprint density at radius 3 is 2.23 bits per heavy atom. The largest absolute Gasteiger partial charge is 0.480 e. The van der Waals surface area contributed by atoms with Crippen LogP contribution >= 0.6 is 0 Å². The molecule has 8 heteroatoms. The third kappa shape index (κ3) is 4.29. The van der Waals surface area contributed by atoms with Crippen molar-refractivity contribution in [3.8, 4) is 0 Å². The third-order valence-corrected chi connectivity index (χ3v) is 10.9. The number of aromatic nitrogens is 2. The summed E-state index contributed by atoms with van der Waals surface area (Å²) >= 11 is 0. The first kappa shape index (κ1) is 25.5. The number of hydrogen-bond acceptors (Lipinski definition) is 6. The number of rotatable bonds is 5. The number of likely N-dealkylation sites (N-methyl/N-ethyl adjacent to an activating group) is 1. The fourth-order valence-electron chi connectivity index (χ4n) is 9.27. The fraction of sp³-hybridized carbons (Fsp3) is 0.710. The highest BCUT2D eigenvalue weighted by Gasteiger charge is 2.49. The zero-order valence-corrected chi connectivity index (χ0v) is 23.4. The van der Waals surface area contributed by atoms with Crippen LogP contribution < -0.4 is 10.5 Å². The van der Waals surface area contributed by atoms with E-state index in [0.717, 1.165) is 35.7 Å². The Labute approximate surface area is 231 Å². The Kier molecular flexibility index (Phi) is 6.46. The Balaban J connectivity index is 1.23. The highest BCUT2D eigenvalue weighted by molar-refractivity contribution is 5.83. The van der Waals surface area contributed by atoms with E-state index in [9.17, 15) is 14.7 Å². The molecule has 1 aromatic carbocycles. The molecule has 0 amide bonds. The van der Waals surface area contributed by atoms with Gasteiger partial charge in [-0.05, 0) is 83.0 Å². The number of fused-ring (bicyclic) bond motifs is 5. The lowest BCUT2D eigenvalue weighted by molar-refractivity contribution is -0.142. The van der Waals surface area contributed by atoms with Crippen molar-refractivity contribution >= 4 is 22.8 Å². The van der Waals surface area contributed by atoms with E-state index in [2.05, 4.69) is 4.90 Å². The smallest absolute Gasteiger partial charge is 0.328 e. The summed E-state index contributed by atoms with van der Waals surface area (Å²) in [5.74, 6) is 1.23. The molecule has 2 saturated carbocycles. The number of benzene rings is 1. The number of carboxylic acid groups (broad SMARTS) is 1. The van der Waals surface area contributed by atoms with Crippen molar-refractivity contribution in [2.45, 2.75) is 107 Å². The number of carbonyl (C=O) groups is 1. The summed E-state index contributed by atoms with van der Waals surface area (Å²) < 4.78 is 2.01. The van der Waals surface area contributed by atoms with Gasteiger partial charge in [0, 0.05) is 30.7 Å². The average molecular weight is 534 g/mol.